The number of esters is 1. The highest BCUT2D eigenvalue weighted by Gasteiger charge is 2.13. The molecule has 0 aliphatic heterocycles. The van der Waals surface area contributed by atoms with E-state index in [1.807, 2.05) is 0 Å². The third kappa shape index (κ3) is 3.75. The molecule has 0 unspecified atom stereocenters. The number of carbonyl (C=O) groups excluding carboxylic acids is 2. The summed E-state index contributed by atoms with van der Waals surface area (Å²) in [5.74, 6) is -0.747. The molecule has 0 aliphatic rings. The van der Waals surface area contributed by atoms with Crippen molar-refractivity contribution < 1.29 is 14.3 Å². The monoisotopic (exact) mass is 171 g/mol. The van der Waals surface area contributed by atoms with Gasteiger partial charge in [0.25, 0.3) is 0 Å². The molecule has 0 aliphatic carbocycles. The first-order valence-electron chi connectivity index (χ1n) is 3.62. The maximum absolute atomic E-state index is 10.9. The molecule has 0 spiro atoms. The number of amides is 1. The normalized spacial score (nSPS) is 12.6. The lowest BCUT2D eigenvalue weighted by molar-refractivity contribution is -0.144. The van der Waals surface area contributed by atoms with E-state index in [1.54, 1.807) is 19.9 Å². The molecule has 0 saturated heterocycles. The van der Waals surface area contributed by atoms with Crippen LogP contribution >= 0.6 is 0 Å². The molecule has 4 nitrogen and oxygen atoms in total. The molecular formula is C8H13NO3. The summed E-state index contributed by atoms with van der Waals surface area (Å²) >= 11 is 0. The summed E-state index contributed by atoms with van der Waals surface area (Å²) in [7, 11) is 1.28. The first-order valence-corrected chi connectivity index (χ1v) is 3.62. The Morgan fingerprint density at radius 3 is 2.50 bits per heavy atom. The molecule has 0 aromatic rings. The van der Waals surface area contributed by atoms with Gasteiger partial charge in [0.05, 0.1) is 7.11 Å². The van der Waals surface area contributed by atoms with E-state index in [-0.39, 0.29) is 5.91 Å². The maximum atomic E-state index is 10.9. The van der Waals surface area contributed by atoms with Crippen LogP contribution in [0.25, 0.3) is 0 Å². The number of hydrogen-bond acceptors (Lipinski definition) is 3. The molecule has 0 aromatic carbocycles. The Labute approximate surface area is 71.6 Å². The molecule has 0 aromatic heterocycles. The number of methoxy groups -OCH3 is 1. The van der Waals surface area contributed by atoms with Gasteiger partial charge in [-0.05, 0) is 19.9 Å². The van der Waals surface area contributed by atoms with Crippen molar-refractivity contribution in [3.8, 4) is 0 Å². The van der Waals surface area contributed by atoms with Gasteiger partial charge < -0.3 is 10.1 Å². The second-order valence-electron chi connectivity index (χ2n) is 2.25. The molecule has 0 fully saturated rings. The van der Waals surface area contributed by atoms with Gasteiger partial charge in [0.1, 0.15) is 6.04 Å². The highest BCUT2D eigenvalue weighted by molar-refractivity contribution is 5.91. The van der Waals surface area contributed by atoms with E-state index in [2.05, 4.69) is 10.1 Å². The molecule has 1 atom stereocenters. The lowest BCUT2D eigenvalue weighted by Gasteiger charge is -2.08. The van der Waals surface area contributed by atoms with Crippen LogP contribution in [0.3, 0.4) is 0 Å². The van der Waals surface area contributed by atoms with E-state index in [4.69, 9.17) is 0 Å². The predicted octanol–water partition coefficient (Wildman–Crippen LogP) is 0.240. The highest BCUT2D eigenvalue weighted by atomic mass is 16.5. The third-order valence-corrected chi connectivity index (χ3v) is 1.23. The fourth-order valence-corrected chi connectivity index (χ4v) is 0.649. The van der Waals surface area contributed by atoms with Gasteiger partial charge in [-0.3, -0.25) is 4.79 Å². The zero-order valence-electron chi connectivity index (χ0n) is 7.46. The van der Waals surface area contributed by atoms with Crippen LogP contribution in [0.2, 0.25) is 0 Å². The topological polar surface area (TPSA) is 55.4 Å². The molecule has 0 radical (unpaired) electrons. The predicted molar refractivity (Wildman–Crippen MR) is 44.4 cm³/mol. The number of nitrogens with one attached hydrogen (secondary N) is 1. The second-order valence-corrected chi connectivity index (χ2v) is 2.25. The van der Waals surface area contributed by atoms with Crippen LogP contribution in [-0.4, -0.2) is 25.0 Å². The molecule has 1 N–H and O–H groups in total. The number of hydrogen-bond donors (Lipinski definition) is 1. The van der Waals surface area contributed by atoms with Gasteiger partial charge in [-0.2, -0.15) is 0 Å². The minimum atomic E-state index is -0.598. The van der Waals surface area contributed by atoms with E-state index in [0.29, 0.717) is 0 Å². The average molecular weight is 171 g/mol. The van der Waals surface area contributed by atoms with Crippen molar-refractivity contribution in [3.05, 3.63) is 12.2 Å². The van der Waals surface area contributed by atoms with Gasteiger partial charge in [0.15, 0.2) is 0 Å². The van der Waals surface area contributed by atoms with Crippen molar-refractivity contribution in [3.63, 3.8) is 0 Å². The Balaban J connectivity index is 3.92. The largest absolute Gasteiger partial charge is 0.467 e. The molecule has 68 valence electrons. The van der Waals surface area contributed by atoms with Crippen molar-refractivity contribution in [2.24, 2.45) is 0 Å². The van der Waals surface area contributed by atoms with Gasteiger partial charge in [0, 0.05) is 0 Å². The summed E-state index contributed by atoms with van der Waals surface area (Å²) in [5, 5.41) is 2.43. The average Bonchev–Trinajstić information content (AvgIpc) is 2.03. The van der Waals surface area contributed by atoms with Gasteiger partial charge >= 0.3 is 5.97 Å². The zero-order valence-corrected chi connectivity index (χ0v) is 7.46. The lowest BCUT2D eigenvalue weighted by atomic mass is 10.3. The fraction of sp³-hybridized carbons (Fsp3) is 0.500. The quantitative estimate of drug-likeness (QED) is 0.489. The standard InChI is InChI=1S/C8H13NO3/c1-4-5-7(10)9-6(2)8(11)12-3/h4-6H,1-3H3,(H,9,10)/t6-/m0/s1. The van der Waals surface area contributed by atoms with Crippen LogP contribution in [0.4, 0.5) is 0 Å². The van der Waals surface area contributed by atoms with Crippen LogP contribution in [0.5, 0.6) is 0 Å². The number of carbonyl (C=O) groups is 2. The van der Waals surface area contributed by atoms with E-state index >= 15 is 0 Å². The molecule has 0 saturated carbocycles. The van der Waals surface area contributed by atoms with Crippen LogP contribution in [0, 0.1) is 0 Å². The van der Waals surface area contributed by atoms with Crippen LogP contribution < -0.4 is 5.32 Å². The first kappa shape index (κ1) is 10.7. The van der Waals surface area contributed by atoms with E-state index in [9.17, 15) is 9.59 Å². The number of ether oxygens (including phenoxy) is 1. The van der Waals surface area contributed by atoms with Crippen molar-refractivity contribution in [1.82, 2.24) is 5.32 Å². The summed E-state index contributed by atoms with van der Waals surface area (Å²) in [6, 6.07) is -0.598. The van der Waals surface area contributed by atoms with Crippen LogP contribution in [0.1, 0.15) is 13.8 Å². The Kier molecular flexibility index (Phi) is 4.76. The molecule has 0 rings (SSSR count). The molecule has 0 bridgehead atoms. The van der Waals surface area contributed by atoms with Gasteiger partial charge in [0.2, 0.25) is 5.91 Å². The Morgan fingerprint density at radius 1 is 1.50 bits per heavy atom. The summed E-state index contributed by atoms with van der Waals surface area (Å²) < 4.78 is 4.41. The van der Waals surface area contributed by atoms with E-state index in [1.165, 1.54) is 13.2 Å². The molecule has 1 amide bonds. The third-order valence-electron chi connectivity index (χ3n) is 1.23. The van der Waals surface area contributed by atoms with E-state index in [0.717, 1.165) is 0 Å². The summed E-state index contributed by atoms with van der Waals surface area (Å²) in [6.07, 6.45) is 2.94. The molecule has 12 heavy (non-hydrogen) atoms. The minimum absolute atomic E-state index is 0.296. The van der Waals surface area contributed by atoms with Crippen molar-refractivity contribution >= 4 is 11.9 Å². The maximum Gasteiger partial charge on any atom is 0.328 e. The van der Waals surface area contributed by atoms with Gasteiger partial charge in [-0.1, -0.05) is 6.08 Å². The second kappa shape index (κ2) is 5.35. The summed E-state index contributed by atoms with van der Waals surface area (Å²) in [4.78, 5) is 21.7. The zero-order chi connectivity index (χ0) is 9.56. The summed E-state index contributed by atoms with van der Waals surface area (Å²) in [5.41, 5.74) is 0. The summed E-state index contributed by atoms with van der Waals surface area (Å²) in [6.45, 7) is 3.29. The minimum Gasteiger partial charge on any atom is -0.467 e. The SMILES string of the molecule is CC=CC(=O)N[C@@H](C)C(=O)OC. The van der Waals surface area contributed by atoms with Crippen molar-refractivity contribution in [1.29, 1.82) is 0 Å². The van der Waals surface area contributed by atoms with Gasteiger partial charge in [-0.15, -0.1) is 0 Å². The Morgan fingerprint density at radius 2 is 2.08 bits per heavy atom. The number of allylic oxidation sites excluding steroid dienone is 1. The smallest absolute Gasteiger partial charge is 0.328 e. The Hall–Kier alpha value is -1.32. The molecule has 0 heterocycles. The lowest BCUT2D eigenvalue weighted by Crippen LogP contribution is -2.38. The first-order chi connectivity index (χ1) is 5.61. The van der Waals surface area contributed by atoms with Crippen molar-refractivity contribution in [2.45, 2.75) is 19.9 Å². The highest BCUT2D eigenvalue weighted by Crippen LogP contribution is 1.85. The van der Waals surface area contributed by atoms with Crippen LogP contribution in [-0.2, 0) is 14.3 Å². The molecule has 4 heteroatoms. The fourth-order valence-electron chi connectivity index (χ4n) is 0.649. The van der Waals surface area contributed by atoms with Crippen LogP contribution in [0.15, 0.2) is 12.2 Å². The Bertz CT molecular complexity index is 198. The molecular weight excluding hydrogens is 158 g/mol. The van der Waals surface area contributed by atoms with Crippen molar-refractivity contribution in [2.75, 3.05) is 7.11 Å². The van der Waals surface area contributed by atoms with E-state index < -0.39 is 12.0 Å². The van der Waals surface area contributed by atoms with Gasteiger partial charge in [-0.25, -0.2) is 4.79 Å². The number of rotatable bonds is 3.